The Kier molecular flexibility index (Phi) is 6.02. The summed E-state index contributed by atoms with van der Waals surface area (Å²) in [6.07, 6.45) is 3.87. The van der Waals surface area contributed by atoms with Crippen LogP contribution in [0.5, 0.6) is 0 Å². The number of rotatable bonds is 5. The number of aromatic nitrogens is 1. The third-order valence-electron chi connectivity index (χ3n) is 7.98. The lowest BCUT2D eigenvalue weighted by Crippen LogP contribution is -2.10. The van der Waals surface area contributed by atoms with Gasteiger partial charge in [0.05, 0.1) is 10.4 Å². The molecule has 2 aromatic heterocycles. The first-order valence-electron chi connectivity index (χ1n) is 14.1. The Morgan fingerprint density at radius 3 is 1.95 bits per heavy atom. The molecule has 2 nitrogen and oxygen atoms in total. The predicted octanol–water partition coefficient (Wildman–Crippen LogP) is 11.4. The molecule has 0 aliphatic carbocycles. The van der Waals surface area contributed by atoms with Crippen molar-refractivity contribution in [1.29, 1.82) is 0 Å². The molecular formula is C39H26N2S. The van der Waals surface area contributed by atoms with Gasteiger partial charge in [-0.3, -0.25) is 4.98 Å². The van der Waals surface area contributed by atoms with Crippen LogP contribution in [0, 0.1) is 0 Å². The molecule has 0 N–H and O–H groups in total. The monoisotopic (exact) mass is 554 g/mol. The minimum atomic E-state index is 1.12. The second-order valence-corrected chi connectivity index (χ2v) is 11.5. The molecule has 0 spiro atoms. The molecular weight excluding hydrogens is 529 g/mol. The molecule has 0 atom stereocenters. The van der Waals surface area contributed by atoms with Gasteiger partial charge in [0.2, 0.25) is 0 Å². The first-order chi connectivity index (χ1) is 20.8. The number of anilines is 3. The Labute approximate surface area is 248 Å². The SMILES string of the molecule is c1ccc(-c2ccc(N(c3ccc(-c4cccc5ccccc45)cc3)c3cccc4sc5cnccc5c34)cc2)cc1. The molecule has 0 fully saturated rings. The van der Waals surface area contributed by atoms with E-state index in [4.69, 9.17) is 0 Å². The van der Waals surface area contributed by atoms with E-state index in [0.717, 1.165) is 17.1 Å². The number of pyridine rings is 1. The van der Waals surface area contributed by atoms with Crippen molar-refractivity contribution in [2.75, 3.05) is 4.90 Å². The zero-order chi connectivity index (χ0) is 27.9. The van der Waals surface area contributed by atoms with Crippen LogP contribution in [0.25, 0.3) is 53.2 Å². The number of fused-ring (bicyclic) bond motifs is 4. The van der Waals surface area contributed by atoms with Crippen LogP contribution >= 0.6 is 11.3 Å². The van der Waals surface area contributed by atoms with Gasteiger partial charge in [0.15, 0.2) is 0 Å². The summed E-state index contributed by atoms with van der Waals surface area (Å²) in [5.41, 5.74) is 8.28. The normalized spacial score (nSPS) is 11.3. The van der Waals surface area contributed by atoms with E-state index in [9.17, 15) is 0 Å². The van der Waals surface area contributed by atoms with E-state index in [2.05, 4.69) is 155 Å². The molecule has 0 amide bonds. The van der Waals surface area contributed by atoms with Gasteiger partial charge in [0, 0.05) is 39.2 Å². The van der Waals surface area contributed by atoms with E-state index >= 15 is 0 Å². The molecule has 6 aromatic carbocycles. The first kappa shape index (κ1) is 24.5. The van der Waals surface area contributed by atoms with E-state index in [0.29, 0.717) is 0 Å². The van der Waals surface area contributed by atoms with Crippen molar-refractivity contribution in [3.05, 3.63) is 158 Å². The van der Waals surface area contributed by atoms with Crippen LogP contribution in [0.2, 0.25) is 0 Å². The van der Waals surface area contributed by atoms with Crippen LogP contribution in [0.1, 0.15) is 0 Å². The summed E-state index contributed by atoms with van der Waals surface area (Å²) in [5, 5.41) is 5.01. The van der Waals surface area contributed by atoms with Crippen LogP contribution in [0.4, 0.5) is 17.1 Å². The van der Waals surface area contributed by atoms with E-state index in [1.54, 1.807) is 11.3 Å². The lowest BCUT2D eigenvalue weighted by molar-refractivity contribution is 1.30. The summed E-state index contributed by atoms with van der Waals surface area (Å²) in [7, 11) is 0. The second kappa shape index (κ2) is 10.3. The van der Waals surface area contributed by atoms with Gasteiger partial charge in [-0.25, -0.2) is 0 Å². The number of hydrogen-bond acceptors (Lipinski definition) is 3. The standard InChI is InChI=1S/C39H26N2S/c1-2-8-27(9-3-1)28-16-20-31(21-17-28)41(36-14-7-15-37-39(36)35-24-25-40-26-38(35)42-37)32-22-18-30(19-23-32)34-13-6-11-29-10-4-5-12-33(29)34/h1-26H. The van der Waals surface area contributed by atoms with Gasteiger partial charge in [-0.15, -0.1) is 11.3 Å². The maximum absolute atomic E-state index is 4.39. The van der Waals surface area contributed by atoms with Gasteiger partial charge in [-0.05, 0) is 75.5 Å². The minimum Gasteiger partial charge on any atom is -0.310 e. The topological polar surface area (TPSA) is 16.1 Å². The Bertz CT molecular complexity index is 2170. The van der Waals surface area contributed by atoms with Crippen molar-refractivity contribution in [3.63, 3.8) is 0 Å². The van der Waals surface area contributed by atoms with Crippen molar-refractivity contribution in [2.24, 2.45) is 0 Å². The van der Waals surface area contributed by atoms with Crippen LogP contribution in [0.15, 0.2) is 158 Å². The van der Waals surface area contributed by atoms with Crippen LogP contribution in [0.3, 0.4) is 0 Å². The van der Waals surface area contributed by atoms with Crippen molar-refractivity contribution in [3.8, 4) is 22.3 Å². The van der Waals surface area contributed by atoms with Crippen molar-refractivity contribution < 1.29 is 0 Å². The summed E-state index contributed by atoms with van der Waals surface area (Å²) in [5.74, 6) is 0. The summed E-state index contributed by atoms with van der Waals surface area (Å²) >= 11 is 1.79. The average molecular weight is 555 g/mol. The molecule has 0 aliphatic rings. The Balaban J connectivity index is 1.29. The molecule has 0 unspecified atom stereocenters. The fourth-order valence-corrected chi connectivity index (χ4v) is 7.07. The van der Waals surface area contributed by atoms with E-state index < -0.39 is 0 Å². The highest BCUT2D eigenvalue weighted by atomic mass is 32.1. The van der Waals surface area contributed by atoms with Gasteiger partial charge in [-0.1, -0.05) is 103 Å². The highest BCUT2D eigenvalue weighted by Gasteiger charge is 2.19. The molecule has 2 heterocycles. The smallest absolute Gasteiger partial charge is 0.0554 e. The van der Waals surface area contributed by atoms with Gasteiger partial charge >= 0.3 is 0 Å². The minimum absolute atomic E-state index is 1.12. The number of nitrogens with zero attached hydrogens (tertiary/aromatic N) is 2. The highest BCUT2D eigenvalue weighted by molar-refractivity contribution is 7.25. The number of thiophene rings is 1. The third-order valence-corrected chi connectivity index (χ3v) is 9.08. The molecule has 0 saturated carbocycles. The molecule has 42 heavy (non-hydrogen) atoms. The predicted molar refractivity (Wildman–Crippen MR) is 180 cm³/mol. The molecule has 8 rings (SSSR count). The van der Waals surface area contributed by atoms with Crippen molar-refractivity contribution in [2.45, 2.75) is 0 Å². The quantitative estimate of drug-likeness (QED) is 0.210. The Hall–Kier alpha value is -5.25. The fourth-order valence-electron chi connectivity index (χ4n) is 5.98. The zero-order valence-corrected chi connectivity index (χ0v) is 23.6. The Morgan fingerprint density at radius 2 is 1.14 bits per heavy atom. The van der Waals surface area contributed by atoms with Crippen LogP contribution < -0.4 is 4.90 Å². The molecule has 0 bridgehead atoms. The van der Waals surface area contributed by atoms with Crippen LogP contribution in [-0.4, -0.2) is 4.98 Å². The third kappa shape index (κ3) is 4.23. The van der Waals surface area contributed by atoms with Crippen LogP contribution in [-0.2, 0) is 0 Å². The average Bonchev–Trinajstić information content (AvgIpc) is 3.45. The van der Waals surface area contributed by atoms with Gasteiger partial charge in [0.1, 0.15) is 0 Å². The van der Waals surface area contributed by atoms with Gasteiger partial charge in [0.25, 0.3) is 0 Å². The van der Waals surface area contributed by atoms with Crippen molar-refractivity contribution >= 4 is 59.3 Å². The summed E-state index contributed by atoms with van der Waals surface area (Å²) < 4.78 is 2.46. The maximum atomic E-state index is 4.39. The summed E-state index contributed by atoms with van der Waals surface area (Å²) in [6, 6.07) is 52.3. The van der Waals surface area contributed by atoms with E-state index in [1.165, 1.54) is 53.2 Å². The second-order valence-electron chi connectivity index (χ2n) is 10.4. The molecule has 8 aromatic rings. The van der Waals surface area contributed by atoms with Gasteiger partial charge < -0.3 is 4.90 Å². The highest BCUT2D eigenvalue weighted by Crippen LogP contribution is 2.45. The molecule has 3 heteroatoms. The zero-order valence-electron chi connectivity index (χ0n) is 22.8. The molecule has 0 radical (unpaired) electrons. The molecule has 0 saturated heterocycles. The van der Waals surface area contributed by atoms with E-state index in [1.807, 2.05) is 12.4 Å². The first-order valence-corrected chi connectivity index (χ1v) is 14.9. The van der Waals surface area contributed by atoms with E-state index in [-0.39, 0.29) is 0 Å². The number of benzene rings is 6. The lowest BCUT2D eigenvalue weighted by atomic mass is 9.98. The Morgan fingerprint density at radius 1 is 0.476 bits per heavy atom. The molecule has 198 valence electrons. The fraction of sp³-hybridized carbons (Fsp3) is 0. The summed E-state index contributed by atoms with van der Waals surface area (Å²) in [4.78, 5) is 6.78. The van der Waals surface area contributed by atoms with Crippen molar-refractivity contribution in [1.82, 2.24) is 4.98 Å². The molecule has 0 aliphatic heterocycles. The van der Waals surface area contributed by atoms with Gasteiger partial charge in [-0.2, -0.15) is 0 Å². The lowest BCUT2D eigenvalue weighted by Gasteiger charge is -2.27. The largest absolute Gasteiger partial charge is 0.310 e. The maximum Gasteiger partial charge on any atom is 0.0554 e. The number of hydrogen-bond donors (Lipinski definition) is 0. The summed E-state index contributed by atoms with van der Waals surface area (Å²) in [6.45, 7) is 0.